The Hall–Kier alpha value is -1.24. The van der Waals surface area contributed by atoms with E-state index < -0.39 is 5.92 Å². The van der Waals surface area contributed by atoms with Gasteiger partial charge in [0, 0.05) is 64.1 Å². The molecular formula is C20H31F2N3O2. The zero-order valence-electron chi connectivity index (χ0n) is 16.0. The summed E-state index contributed by atoms with van der Waals surface area (Å²) >= 11 is 0. The van der Waals surface area contributed by atoms with Crippen LogP contribution in [0.25, 0.3) is 0 Å². The van der Waals surface area contributed by atoms with Crippen molar-refractivity contribution in [2.75, 3.05) is 39.3 Å². The largest absolute Gasteiger partial charge is 0.341 e. The number of hydrogen-bond acceptors (Lipinski definition) is 3. The maximum Gasteiger partial charge on any atom is 0.248 e. The van der Waals surface area contributed by atoms with Crippen LogP contribution in [0.5, 0.6) is 0 Å². The van der Waals surface area contributed by atoms with Crippen LogP contribution in [-0.4, -0.2) is 77.7 Å². The minimum Gasteiger partial charge on any atom is -0.341 e. The topological polar surface area (TPSA) is 43.9 Å². The summed E-state index contributed by atoms with van der Waals surface area (Å²) in [5.74, 6) is -2.85. The molecular weight excluding hydrogens is 352 g/mol. The molecule has 0 aromatic heterocycles. The predicted molar refractivity (Wildman–Crippen MR) is 97.4 cm³/mol. The summed E-state index contributed by atoms with van der Waals surface area (Å²) in [6, 6.07) is 0.722. The van der Waals surface area contributed by atoms with Gasteiger partial charge in [-0.3, -0.25) is 14.5 Å². The number of halogens is 2. The molecule has 0 spiro atoms. The van der Waals surface area contributed by atoms with Crippen LogP contribution in [0.15, 0.2) is 0 Å². The molecule has 0 N–H and O–H groups in total. The molecule has 2 saturated carbocycles. The van der Waals surface area contributed by atoms with Gasteiger partial charge in [-0.1, -0.05) is 6.42 Å². The zero-order chi connectivity index (χ0) is 19.0. The highest BCUT2D eigenvalue weighted by atomic mass is 19.3. The average Bonchev–Trinajstić information content (AvgIpc) is 2.77. The smallest absolute Gasteiger partial charge is 0.248 e. The molecule has 2 aliphatic carbocycles. The van der Waals surface area contributed by atoms with Gasteiger partial charge < -0.3 is 9.80 Å². The van der Waals surface area contributed by atoms with Crippen LogP contribution in [0.3, 0.4) is 0 Å². The molecule has 5 nitrogen and oxygen atoms in total. The van der Waals surface area contributed by atoms with Crippen LogP contribution in [0.2, 0.25) is 0 Å². The van der Waals surface area contributed by atoms with Crippen molar-refractivity contribution in [2.24, 2.45) is 11.8 Å². The number of hydrogen-bond donors (Lipinski definition) is 0. The highest BCUT2D eigenvalue weighted by Gasteiger charge is 2.43. The number of amides is 2. The highest BCUT2D eigenvalue weighted by Crippen LogP contribution is 2.37. The molecule has 4 rings (SSSR count). The lowest BCUT2D eigenvalue weighted by atomic mass is 9.84. The van der Waals surface area contributed by atoms with Crippen molar-refractivity contribution in [1.29, 1.82) is 0 Å². The summed E-state index contributed by atoms with van der Waals surface area (Å²) in [7, 11) is 0. The van der Waals surface area contributed by atoms with E-state index in [1.807, 2.05) is 4.90 Å². The summed E-state index contributed by atoms with van der Waals surface area (Å²) in [6.07, 6.45) is 5.09. The third kappa shape index (κ3) is 4.13. The van der Waals surface area contributed by atoms with Crippen LogP contribution in [-0.2, 0) is 9.59 Å². The minimum absolute atomic E-state index is 0.0263. The van der Waals surface area contributed by atoms with Crippen molar-refractivity contribution in [3.8, 4) is 0 Å². The van der Waals surface area contributed by atoms with E-state index in [0.717, 1.165) is 38.6 Å². The van der Waals surface area contributed by atoms with E-state index in [4.69, 9.17) is 0 Å². The Morgan fingerprint density at radius 3 is 2.04 bits per heavy atom. The Labute approximate surface area is 160 Å². The third-order valence-corrected chi connectivity index (χ3v) is 7.04. The quantitative estimate of drug-likeness (QED) is 0.752. The van der Waals surface area contributed by atoms with Gasteiger partial charge in [0.2, 0.25) is 17.7 Å². The summed E-state index contributed by atoms with van der Waals surface area (Å²) in [5, 5.41) is 0. The Balaban J connectivity index is 1.22. The molecule has 2 amide bonds. The number of alkyl halides is 2. The fraction of sp³-hybridized carbons (Fsp3) is 0.900. The van der Waals surface area contributed by atoms with Crippen molar-refractivity contribution < 1.29 is 18.4 Å². The fourth-order valence-electron chi connectivity index (χ4n) is 4.89. The standard InChI is InChI=1S/C20H31F2N3O2/c21-20(22)7-5-15(6-8-20)18(26)25-13-16(14-25)19(27)24-10-2-9-23(11-12-24)17-3-1-4-17/h15-17H,1-14H2. The van der Waals surface area contributed by atoms with Crippen molar-refractivity contribution in [3.05, 3.63) is 0 Å². The first-order valence-electron chi connectivity index (χ1n) is 10.6. The molecule has 27 heavy (non-hydrogen) atoms. The Bertz CT molecular complexity index is 566. The minimum atomic E-state index is -2.61. The molecule has 2 saturated heterocycles. The molecule has 0 aromatic carbocycles. The van der Waals surface area contributed by atoms with Gasteiger partial charge in [0.05, 0.1) is 5.92 Å². The van der Waals surface area contributed by atoms with Gasteiger partial charge in [0.1, 0.15) is 0 Å². The lowest BCUT2D eigenvalue weighted by Gasteiger charge is -2.43. The zero-order valence-corrected chi connectivity index (χ0v) is 16.0. The van der Waals surface area contributed by atoms with E-state index in [2.05, 4.69) is 4.90 Å². The van der Waals surface area contributed by atoms with Crippen LogP contribution < -0.4 is 0 Å². The first-order chi connectivity index (χ1) is 12.9. The van der Waals surface area contributed by atoms with Crippen molar-refractivity contribution in [1.82, 2.24) is 14.7 Å². The second-order valence-corrected chi connectivity index (χ2v) is 8.87. The summed E-state index contributed by atoms with van der Waals surface area (Å²) in [6.45, 7) is 4.57. The SMILES string of the molecule is O=C(C1CN(C(=O)C2CCC(F)(F)CC2)C1)N1CCCN(C2CCC2)CC1. The van der Waals surface area contributed by atoms with Gasteiger partial charge in [-0.2, -0.15) is 0 Å². The van der Waals surface area contributed by atoms with Crippen molar-refractivity contribution in [2.45, 2.75) is 63.3 Å². The van der Waals surface area contributed by atoms with Crippen LogP contribution in [0.4, 0.5) is 8.78 Å². The lowest BCUT2D eigenvalue weighted by molar-refractivity contribution is -0.153. The maximum absolute atomic E-state index is 13.3. The molecule has 2 heterocycles. The van der Waals surface area contributed by atoms with Crippen LogP contribution >= 0.6 is 0 Å². The van der Waals surface area contributed by atoms with E-state index in [0.29, 0.717) is 13.1 Å². The summed E-state index contributed by atoms with van der Waals surface area (Å²) < 4.78 is 26.5. The predicted octanol–water partition coefficient (Wildman–Crippen LogP) is 2.36. The molecule has 4 fully saturated rings. The molecule has 0 radical (unpaired) electrons. The van der Waals surface area contributed by atoms with E-state index in [-0.39, 0.29) is 49.3 Å². The number of rotatable bonds is 3. The van der Waals surface area contributed by atoms with Gasteiger partial charge >= 0.3 is 0 Å². The lowest BCUT2D eigenvalue weighted by Crippen LogP contribution is -2.58. The average molecular weight is 383 g/mol. The van der Waals surface area contributed by atoms with E-state index >= 15 is 0 Å². The van der Waals surface area contributed by atoms with Crippen molar-refractivity contribution >= 4 is 11.8 Å². The van der Waals surface area contributed by atoms with Crippen LogP contribution in [0.1, 0.15) is 51.4 Å². The Kier molecular flexibility index (Phi) is 5.41. The van der Waals surface area contributed by atoms with Gasteiger partial charge in [-0.15, -0.1) is 0 Å². The fourth-order valence-corrected chi connectivity index (χ4v) is 4.89. The Morgan fingerprint density at radius 2 is 1.41 bits per heavy atom. The highest BCUT2D eigenvalue weighted by molar-refractivity contribution is 5.85. The molecule has 4 aliphatic rings. The summed E-state index contributed by atoms with van der Waals surface area (Å²) in [5.41, 5.74) is 0. The Morgan fingerprint density at radius 1 is 0.741 bits per heavy atom. The van der Waals surface area contributed by atoms with Crippen molar-refractivity contribution in [3.63, 3.8) is 0 Å². The molecule has 7 heteroatoms. The first kappa shape index (κ1) is 19.1. The number of likely N-dealkylation sites (tertiary alicyclic amines) is 1. The second kappa shape index (κ2) is 7.64. The van der Waals surface area contributed by atoms with Crippen LogP contribution in [0, 0.1) is 11.8 Å². The van der Waals surface area contributed by atoms with Gasteiger partial charge in [0.15, 0.2) is 0 Å². The third-order valence-electron chi connectivity index (χ3n) is 7.04. The molecule has 0 unspecified atom stereocenters. The monoisotopic (exact) mass is 383 g/mol. The molecule has 0 atom stereocenters. The van der Waals surface area contributed by atoms with Gasteiger partial charge in [-0.25, -0.2) is 8.78 Å². The van der Waals surface area contributed by atoms with E-state index in [9.17, 15) is 18.4 Å². The second-order valence-electron chi connectivity index (χ2n) is 8.87. The molecule has 152 valence electrons. The number of nitrogens with zero attached hydrogens (tertiary/aromatic N) is 3. The molecule has 0 aromatic rings. The summed E-state index contributed by atoms with van der Waals surface area (Å²) in [4.78, 5) is 31.5. The number of carbonyl (C=O) groups excluding carboxylic acids is 2. The maximum atomic E-state index is 13.3. The first-order valence-corrected chi connectivity index (χ1v) is 10.6. The number of carbonyl (C=O) groups is 2. The van der Waals surface area contributed by atoms with E-state index in [1.165, 1.54) is 19.3 Å². The van der Waals surface area contributed by atoms with Gasteiger partial charge in [-0.05, 0) is 32.1 Å². The van der Waals surface area contributed by atoms with E-state index in [1.54, 1.807) is 4.90 Å². The molecule has 2 aliphatic heterocycles. The van der Waals surface area contributed by atoms with Gasteiger partial charge in [0.25, 0.3) is 0 Å². The molecule has 0 bridgehead atoms. The normalized spacial score (nSPS) is 28.4.